The Labute approximate surface area is 113 Å². The van der Waals surface area contributed by atoms with Gasteiger partial charge in [-0.3, -0.25) is 0 Å². The van der Waals surface area contributed by atoms with Crippen LogP contribution in [-0.4, -0.2) is 31.5 Å². The van der Waals surface area contributed by atoms with Crippen LogP contribution < -0.4 is 5.32 Å². The van der Waals surface area contributed by atoms with Gasteiger partial charge in [-0.25, -0.2) is 8.42 Å². The highest BCUT2D eigenvalue weighted by Crippen LogP contribution is 2.35. The normalized spacial score (nSPS) is 35.4. The van der Waals surface area contributed by atoms with Crippen LogP contribution in [0.2, 0.25) is 0 Å². The Balaban J connectivity index is 3.00. The average molecular weight is 275 g/mol. The minimum Gasteiger partial charge on any atom is -0.313 e. The number of hydrogen-bond donors (Lipinski definition) is 1. The van der Waals surface area contributed by atoms with E-state index in [2.05, 4.69) is 26.1 Å². The van der Waals surface area contributed by atoms with Gasteiger partial charge in [0.25, 0.3) is 0 Å². The minimum absolute atomic E-state index is 0.132. The molecule has 0 spiro atoms. The zero-order valence-electron chi connectivity index (χ0n) is 12.4. The van der Waals surface area contributed by atoms with Crippen molar-refractivity contribution in [2.45, 2.75) is 70.4 Å². The Bertz CT molecular complexity index is 353. The Morgan fingerprint density at radius 2 is 1.83 bits per heavy atom. The van der Waals surface area contributed by atoms with Crippen LogP contribution in [0.3, 0.4) is 0 Å². The second-order valence-electron chi connectivity index (χ2n) is 5.99. The molecule has 0 radical (unpaired) electrons. The summed E-state index contributed by atoms with van der Waals surface area (Å²) in [4.78, 5) is 0. The van der Waals surface area contributed by atoms with E-state index >= 15 is 0 Å². The quantitative estimate of drug-likeness (QED) is 0.839. The third-order valence-electron chi connectivity index (χ3n) is 4.37. The van der Waals surface area contributed by atoms with Crippen molar-refractivity contribution < 1.29 is 8.42 Å². The Hall–Kier alpha value is -0.0900. The molecule has 108 valence electrons. The molecule has 0 saturated heterocycles. The van der Waals surface area contributed by atoms with Crippen molar-refractivity contribution in [2.75, 3.05) is 6.54 Å². The monoisotopic (exact) mass is 275 g/mol. The fourth-order valence-electron chi connectivity index (χ4n) is 3.34. The lowest BCUT2D eigenvalue weighted by Crippen LogP contribution is -2.53. The SMILES string of the molecule is CCNC1CC(C)CC(C)C1S(=O)(=O)C(C)CC. The van der Waals surface area contributed by atoms with E-state index in [0.29, 0.717) is 12.3 Å². The highest BCUT2D eigenvalue weighted by molar-refractivity contribution is 7.92. The van der Waals surface area contributed by atoms with Crippen LogP contribution in [0.15, 0.2) is 0 Å². The molecule has 1 saturated carbocycles. The molecule has 1 aliphatic carbocycles. The lowest BCUT2D eigenvalue weighted by molar-refractivity contribution is 0.243. The zero-order chi connectivity index (χ0) is 13.9. The van der Waals surface area contributed by atoms with Crippen LogP contribution >= 0.6 is 0 Å². The van der Waals surface area contributed by atoms with Gasteiger partial charge in [-0.05, 0) is 44.6 Å². The maximum absolute atomic E-state index is 12.7. The highest BCUT2D eigenvalue weighted by Gasteiger charge is 2.43. The van der Waals surface area contributed by atoms with Crippen molar-refractivity contribution in [2.24, 2.45) is 11.8 Å². The standard InChI is InChI=1S/C14H29NO2S/c1-6-12(5)18(16,17)14-11(4)8-10(3)9-13(14)15-7-2/h10-15H,6-9H2,1-5H3. The Kier molecular flexibility index (Phi) is 5.66. The van der Waals surface area contributed by atoms with E-state index in [1.165, 1.54) is 0 Å². The lowest BCUT2D eigenvalue weighted by Gasteiger charge is -2.40. The molecule has 0 aromatic carbocycles. The molecule has 0 heterocycles. The predicted octanol–water partition coefficient (Wildman–Crippen LogP) is 2.61. The fraction of sp³-hybridized carbons (Fsp3) is 1.00. The zero-order valence-corrected chi connectivity index (χ0v) is 13.3. The predicted molar refractivity (Wildman–Crippen MR) is 77.5 cm³/mol. The van der Waals surface area contributed by atoms with Gasteiger partial charge in [0, 0.05) is 6.04 Å². The summed E-state index contributed by atoms with van der Waals surface area (Å²) in [5, 5.41) is 2.97. The summed E-state index contributed by atoms with van der Waals surface area (Å²) in [6.07, 6.45) is 2.72. The van der Waals surface area contributed by atoms with Gasteiger partial charge >= 0.3 is 0 Å². The van der Waals surface area contributed by atoms with Crippen LogP contribution in [0.25, 0.3) is 0 Å². The molecule has 3 nitrogen and oxygen atoms in total. The van der Waals surface area contributed by atoms with Crippen LogP contribution in [0, 0.1) is 11.8 Å². The molecule has 5 unspecified atom stereocenters. The van der Waals surface area contributed by atoms with E-state index in [4.69, 9.17) is 0 Å². The number of nitrogens with one attached hydrogen (secondary N) is 1. The van der Waals surface area contributed by atoms with Crippen molar-refractivity contribution in [1.82, 2.24) is 5.32 Å². The first-order valence-electron chi connectivity index (χ1n) is 7.30. The van der Waals surface area contributed by atoms with E-state index in [9.17, 15) is 8.42 Å². The summed E-state index contributed by atoms with van der Waals surface area (Å²) >= 11 is 0. The molecule has 18 heavy (non-hydrogen) atoms. The highest BCUT2D eigenvalue weighted by atomic mass is 32.2. The summed E-state index contributed by atoms with van der Waals surface area (Å²) in [7, 11) is -3.02. The van der Waals surface area contributed by atoms with E-state index < -0.39 is 9.84 Å². The fourth-order valence-corrected chi connectivity index (χ4v) is 5.77. The molecule has 0 aromatic rings. The maximum atomic E-state index is 12.7. The first-order valence-corrected chi connectivity index (χ1v) is 8.91. The van der Waals surface area contributed by atoms with Crippen LogP contribution in [0.1, 0.15) is 53.9 Å². The molecular formula is C14H29NO2S. The molecule has 0 amide bonds. The topological polar surface area (TPSA) is 46.2 Å². The maximum Gasteiger partial charge on any atom is 0.157 e. The van der Waals surface area contributed by atoms with E-state index in [1.807, 2.05) is 13.8 Å². The lowest BCUT2D eigenvalue weighted by atomic mass is 9.80. The van der Waals surface area contributed by atoms with E-state index in [-0.39, 0.29) is 22.5 Å². The summed E-state index contributed by atoms with van der Waals surface area (Å²) in [6.45, 7) is 11.0. The second kappa shape index (κ2) is 6.38. The van der Waals surface area contributed by atoms with Gasteiger partial charge in [-0.1, -0.05) is 27.7 Å². The van der Waals surface area contributed by atoms with Crippen molar-refractivity contribution in [3.63, 3.8) is 0 Å². The summed E-state index contributed by atoms with van der Waals surface area (Å²) < 4.78 is 25.4. The van der Waals surface area contributed by atoms with E-state index in [0.717, 1.165) is 19.4 Å². The third-order valence-corrected chi connectivity index (χ3v) is 7.38. The molecule has 4 heteroatoms. The second-order valence-corrected chi connectivity index (χ2v) is 8.52. The van der Waals surface area contributed by atoms with Crippen LogP contribution in [0.4, 0.5) is 0 Å². The molecule has 1 fully saturated rings. The molecule has 0 aromatic heterocycles. The van der Waals surface area contributed by atoms with Gasteiger partial charge in [0.1, 0.15) is 0 Å². The number of sulfone groups is 1. The molecule has 1 rings (SSSR count). The summed E-state index contributed by atoms with van der Waals surface area (Å²) in [5.41, 5.74) is 0. The van der Waals surface area contributed by atoms with Crippen LogP contribution in [-0.2, 0) is 9.84 Å². The van der Waals surface area contributed by atoms with Gasteiger partial charge in [-0.15, -0.1) is 0 Å². The largest absolute Gasteiger partial charge is 0.313 e. The molecule has 1 aliphatic rings. The first kappa shape index (κ1) is 16.0. The first-order chi connectivity index (χ1) is 8.34. The molecule has 0 bridgehead atoms. The smallest absolute Gasteiger partial charge is 0.157 e. The third kappa shape index (κ3) is 3.27. The molecule has 5 atom stereocenters. The van der Waals surface area contributed by atoms with Crippen molar-refractivity contribution in [3.8, 4) is 0 Å². The summed E-state index contributed by atoms with van der Waals surface area (Å²) in [5.74, 6) is 0.879. The molecule has 0 aliphatic heterocycles. The molecule has 1 N–H and O–H groups in total. The Morgan fingerprint density at radius 1 is 1.22 bits per heavy atom. The van der Waals surface area contributed by atoms with Gasteiger partial charge in [0.05, 0.1) is 10.5 Å². The van der Waals surface area contributed by atoms with Gasteiger partial charge < -0.3 is 5.32 Å². The summed E-state index contributed by atoms with van der Waals surface area (Å²) in [6, 6.07) is 0.132. The van der Waals surface area contributed by atoms with Gasteiger partial charge in [-0.2, -0.15) is 0 Å². The minimum atomic E-state index is -3.02. The van der Waals surface area contributed by atoms with Gasteiger partial charge in [0.15, 0.2) is 9.84 Å². The number of hydrogen-bond acceptors (Lipinski definition) is 3. The average Bonchev–Trinajstić information content (AvgIpc) is 2.26. The van der Waals surface area contributed by atoms with E-state index in [1.54, 1.807) is 0 Å². The molecular weight excluding hydrogens is 246 g/mol. The van der Waals surface area contributed by atoms with Gasteiger partial charge in [0.2, 0.25) is 0 Å². The Morgan fingerprint density at radius 3 is 2.33 bits per heavy atom. The van der Waals surface area contributed by atoms with Crippen molar-refractivity contribution in [1.29, 1.82) is 0 Å². The van der Waals surface area contributed by atoms with Crippen molar-refractivity contribution >= 4 is 9.84 Å². The van der Waals surface area contributed by atoms with Crippen molar-refractivity contribution in [3.05, 3.63) is 0 Å². The van der Waals surface area contributed by atoms with Crippen LogP contribution in [0.5, 0.6) is 0 Å². The number of rotatable bonds is 5.